The van der Waals surface area contributed by atoms with E-state index >= 15 is 0 Å². The fourth-order valence-electron chi connectivity index (χ4n) is 3.81. The van der Waals surface area contributed by atoms with Crippen LogP contribution in [0, 0.1) is 6.92 Å². The first-order chi connectivity index (χ1) is 14.7. The average molecular weight is 403 g/mol. The summed E-state index contributed by atoms with van der Waals surface area (Å²) < 4.78 is 17.3. The smallest absolute Gasteiger partial charge is 0.238 e. The lowest BCUT2D eigenvalue weighted by molar-refractivity contribution is 0.290. The van der Waals surface area contributed by atoms with Crippen molar-refractivity contribution in [1.82, 2.24) is 33.9 Å². The van der Waals surface area contributed by atoms with Crippen molar-refractivity contribution in [2.75, 3.05) is 13.7 Å². The van der Waals surface area contributed by atoms with Crippen LogP contribution in [0.3, 0.4) is 0 Å². The second-order valence-corrected chi connectivity index (χ2v) is 7.03. The molecule has 0 N–H and O–H groups in total. The number of pyridine rings is 2. The Labute approximate surface area is 172 Å². The van der Waals surface area contributed by atoms with E-state index in [0.29, 0.717) is 19.0 Å². The maximum absolute atomic E-state index is 5.99. The van der Waals surface area contributed by atoms with Gasteiger partial charge in [0.05, 0.1) is 19.3 Å². The van der Waals surface area contributed by atoms with Crippen molar-refractivity contribution >= 4 is 16.4 Å². The van der Waals surface area contributed by atoms with Crippen LogP contribution in [-0.2, 0) is 13.6 Å². The minimum Gasteiger partial charge on any atom is -0.494 e. The molecule has 5 aromatic heterocycles. The Hall–Kier alpha value is -3.88. The largest absolute Gasteiger partial charge is 0.494 e. The Kier molecular flexibility index (Phi) is 4.35. The van der Waals surface area contributed by atoms with Gasteiger partial charge in [-0.2, -0.15) is 5.10 Å². The van der Waals surface area contributed by atoms with Crippen molar-refractivity contribution in [3.8, 4) is 23.0 Å². The first kappa shape index (κ1) is 18.2. The molecule has 152 valence electrons. The summed E-state index contributed by atoms with van der Waals surface area (Å²) in [5.41, 5.74) is 4.84. The van der Waals surface area contributed by atoms with Gasteiger partial charge in [0.1, 0.15) is 41.7 Å². The third kappa shape index (κ3) is 2.86. The highest BCUT2D eigenvalue weighted by Crippen LogP contribution is 2.35. The predicted molar refractivity (Wildman–Crippen MR) is 112 cm³/mol. The van der Waals surface area contributed by atoms with E-state index in [-0.39, 0.29) is 0 Å². The second-order valence-electron chi connectivity index (χ2n) is 7.03. The van der Waals surface area contributed by atoms with Crippen molar-refractivity contribution in [2.24, 2.45) is 7.05 Å². The van der Waals surface area contributed by atoms with Crippen LogP contribution in [0.4, 0.5) is 0 Å². The zero-order valence-corrected chi connectivity index (χ0v) is 17.0. The fourth-order valence-corrected chi connectivity index (χ4v) is 3.81. The molecule has 0 spiro atoms. The third-order valence-corrected chi connectivity index (χ3v) is 5.28. The minimum absolute atomic E-state index is 0.468. The first-order valence-corrected chi connectivity index (χ1v) is 9.59. The van der Waals surface area contributed by atoms with E-state index in [0.717, 1.165) is 39.1 Å². The van der Waals surface area contributed by atoms with Crippen LogP contribution in [0.15, 0.2) is 49.3 Å². The van der Waals surface area contributed by atoms with E-state index in [1.54, 1.807) is 26.0 Å². The van der Waals surface area contributed by atoms with Crippen molar-refractivity contribution in [3.05, 3.63) is 54.9 Å². The van der Waals surface area contributed by atoms with E-state index in [2.05, 4.69) is 32.7 Å². The van der Waals surface area contributed by atoms with Gasteiger partial charge in [-0.15, -0.1) is 10.2 Å². The Morgan fingerprint density at radius 1 is 1.10 bits per heavy atom. The fraction of sp³-hybridized carbons (Fsp3) is 0.238. The van der Waals surface area contributed by atoms with Gasteiger partial charge in [-0.3, -0.25) is 0 Å². The summed E-state index contributed by atoms with van der Waals surface area (Å²) in [6.07, 6.45) is 7.02. The van der Waals surface area contributed by atoms with Crippen molar-refractivity contribution < 1.29 is 9.47 Å². The van der Waals surface area contributed by atoms with Gasteiger partial charge in [0.25, 0.3) is 0 Å². The van der Waals surface area contributed by atoms with Gasteiger partial charge in [-0.05, 0) is 31.2 Å². The number of nitrogens with zero attached hydrogens (tertiary/aromatic N) is 7. The average Bonchev–Trinajstić information content (AvgIpc) is 3.47. The van der Waals surface area contributed by atoms with Crippen LogP contribution in [0.5, 0.6) is 11.6 Å². The molecule has 0 aromatic carbocycles. The van der Waals surface area contributed by atoms with Crippen molar-refractivity contribution in [3.63, 3.8) is 0 Å². The van der Waals surface area contributed by atoms with Crippen LogP contribution >= 0.6 is 0 Å². The van der Waals surface area contributed by atoms with Crippen molar-refractivity contribution in [2.45, 2.75) is 13.5 Å². The third-order valence-electron chi connectivity index (χ3n) is 5.28. The topological polar surface area (TPSA) is 84.3 Å². The van der Waals surface area contributed by atoms with Gasteiger partial charge in [-0.1, -0.05) is 0 Å². The molecule has 0 bridgehead atoms. The maximum Gasteiger partial charge on any atom is 0.238 e. The summed E-state index contributed by atoms with van der Waals surface area (Å²) in [5, 5.41) is 13.5. The Bertz CT molecular complexity index is 1330. The molecule has 0 amide bonds. The zero-order valence-electron chi connectivity index (χ0n) is 17.0. The van der Waals surface area contributed by atoms with Crippen LogP contribution in [0.1, 0.15) is 5.56 Å². The molecule has 0 saturated carbocycles. The molecule has 0 radical (unpaired) electrons. The highest BCUT2D eigenvalue weighted by Gasteiger charge is 2.20. The number of hydrogen-bond donors (Lipinski definition) is 0. The minimum atomic E-state index is 0.468. The van der Waals surface area contributed by atoms with Gasteiger partial charge in [-0.25, -0.2) is 9.50 Å². The summed E-state index contributed by atoms with van der Waals surface area (Å²) in [6, 6.07) is 7.97. The summed E-state index contributed by atoms with van der Waals surface area (Å²) in [6.45, 7) is 3.18. The zero-order chi connectivity index (χ0) is 20.7. The molecular weight excluding hydrogens is 382 g/mol. The molecule has 0 atom stereocenters. The van der Waals surface area contributed by atoms with E-state index in [1.807, 2.05) is 40.5 Å². The number of aromatic nitrogens is 7. The molecule has 5 rings (SSSR count). The summed E-state index contributed by atoms with van der Waals surface area (Å²) in [7, 11) is 3.68. The molecule has 30 heavy (non-hydrogen) atoms. The molecular formula is C21H21N7O2. The van der Waals surface area contributed by atoms with E-state index < -0.39 is 0 Å². The van der Waals surface area contributed by atoms with Crippen LogP contribution in [-0.4, -0.2) is 47.6 Å². The summed E-state index contributed by atoms with van der Waals surface area (Å²) >= 11 is 0. The van der Waals surface area contributed by atoms with E-state index in [1.165, 1.54) is 0 Å². The number of hydrogen-bond acceptors (Lipinski definition) is 6. The molecule has 0 fully saturated rings. The number of ether oxygens (including phenoxy) is 2. The van der Waals surface area contributed by atoms with E-state index in [9.17, 15) is 0 Å². The van der Waals surface area contributed by atoms with Gasteiger partial charge in [0, 0.05) is 30.4 Å². The highest BCUT2D eigenvalue weighted by molar-refractivity contribution is 5.91. The lowest BCUT2D eigenvalue weighted by atomic mass is 10.1. The molecule has 0 aliphatic heterocycles. The molecule has 0 aliphatic carbocycles. The maximum atomic E-state index is 5.99. The molecule has 5 aromatic rings. The lowest BCUT2D eigenvalue weighted by Gasteiger charge is -2.09. The normalized spacial score (nSPS) is 11.4. The molecule has 0 saturated heterocycles. The quantitative estimate of drug-likeness (QED) is 0.433. The molecule has 9 nitrogen and oxygen atoms in total. The number of fused-ring (bicyclic) bond motifs is 2. The number of rotatable bonds is 6. The van der Waals surface area contributed by atoms with E-state index in [4.69, 9.17) is 14.6 Å². The predicted octanol–water partition coefficient (Wildman–Crippen LogP) is 2.88. The van der Waals surface area contributed by atoms with Crippen LogP contribution in [0.25, 0.3) is 27.8 Å². The first-order valence-electron chi connectivity index (χ1n) is 9.59. The van der Waals surface area contributed by atoms with Crippen molar-refractivity contribution in [1.29, 1.82) is 0 Å². The monoisotopic (exact) mass is 403 g/mol. The molecule has 0 aliphatic rings. The lowest BCUT2D eigenvalue weighted by Crippen LogP contribution is -2.08. The van der Waals surface area contributed by atoms with Gasteiger partial charge in [0.15, 0.2) is 0 Å². The summed E-state index contributed by atoms with van der Waals surface area (Å²) in [4.78, 5) is 4.46. The van der Waals surface area contributed by atoms with Crippen LogP contribution in [0.2, 0.25) is 0 Å². The van der Waals surface area contributed by atoms with Gasteiger partial charge < -0.3 is 18.6 Å². The van der Waals surface area contributed by atoms with Gasteiger partial charge in [0.2, 0.25) is 5.88 Å². The number of methoxy groups -OCH3 is 1. The second kappa shape index (κ2) is 7.18. The molecule has 9 heteroatoms. The van der Waals surface area contributed by atoms with Gasteiger partial charge >= 0.3 is 0 Å². The Morgan fingerprint density at radius 3 is 2.73 bits per heavy atom. The molecule has 5 heterocycles. The molecule has 0 unspecified atom stereocenters. The Morgan fingerprint density at radius 2 is 1.93 bits per heavy atom. The Balaban J connectivity index is 1.56. The standard InChI is InChI=1S/C21H21N7O2/c1-14-18(25-28-8-4-5-17(29-3)19(14)28)16-11-15-6-7-22-21(20(15)26(16)2)30-10-9-27-12-23-24-13-27/h4-8,11-13H,9-10H2,1-3H3. The SMILES string of the molecule is COc1cccn2nc(-c3cc4ccnc(OCCn5cnnc5)c4n3C)c(C)c12. The van der Waals surface area contributed by atoms with Crippen LogP contribution < -0.4 is 9.47 Å². The summed E-state index contributed by atoms with van der Waals surface area (Å²) in [5.74, 6) is 1.39. The number of aryl methyl sites for hydroxylation is 2. The highest BCUT2D eigenvalue weighted by atomic mass is 16.5.